The minimum absolute atomic E-state index is 0.147. The lowest BCUT2D eigenvalue weighted by atomic mass is 9.95. The number of rotatable bonds is 13. The molecule has 3 aromatic rings. The van der Waals surface area contributed by atoms with E-state index in [1.165, 1.54) is 25.7 Å². The number of hydrogen-bond acceptors (Lipinski definition) is 8. The SMILES string of the molecule is CCCn1cc(C)c(S(=O)(=O)NC(=O)c2ccc(-n3ccc(OCCC(C4CC4)C4CC4)n3)nc2N2CCCC2(C)C)n1. The summed E-state index contributed by atoms with van der Waals surface area (Å²) >= 11 is 0. The molecule has 0 spiro atoms. The molecule has 0 unspecified atom stereocenters. The Morgan fingerprint density at radius 1 is 1.14 bits per heavy atom. The zero-order valence-electron chi connectivity index (χ0n) is 25.6. The van der Waals surface area contributed by atoms with Crippen LogP contribution in [0.1, 0.15) is 88.1 Å². The third kappa shape index (κ3) is 6.44. The van der Waals surface area contributed by atoms with Crippen molar-refractivity contribution in [2.45, 2.75) is 96.2 Å². The average Bonchev–Trinajstić information content (AvgIpc) is 3.86. The predicted octanol–water partition coefficient (Wildman–Crippen LogP) is 4.88. The van der Waals surface area contributed by atoms with Crippen LogP contribution in [-0.2, 0) is 16.6 Å². The maximum absolute atomic E-state index is 13.6. The number of sulfonamides is 1. The van der Waals surface area contributed by atoms with Gasteiger partial charge in [0.1, 0.15) is 5.82 Å². The first kappa shape index (κ1) is 29.7. The second-order valence-electron chi connectivity index (χ2n) is 13.0. The minimum atomic E-state index is -4.19. The van der Waals surface area contributed by atoms with Gasteiger partial charge in [0.2, 0.25) is 5.88 Å². The fourth-order valence-electron chi connectivity index (χ4n) is 6.50. The van der Waals surface area contributed by atoms with Crippen LogP contribution in [0.25, 0.3) is 5.82 Å². The second kappa shape index (κ2) is 11.6. The summed E-state index contributed by atoms with van der Waals surface area (Å²) in [5, 5.41) is 8.68. The van der Waals surface area contributed by atoms with Crippen LogP contribution >= 0.6 is 0 Å². The summed E-state index contributed by atoms with van der Waals surface area (Å²) in [6.07, 6.45) is 12.7. The van der Waals surface area contributed by atoms with Gasteiger partial charge in [-0.1, -0.05) is 6.92 Å². The van der Waals surface area contributed by atoms with Crippen LogP contribution in [0, 0.1) is 24.7 Å². The Morgan fingerprint density at radius 3 is 2.53 bits per heavy atom. The molecule has 3 fully saturated rings. The summed E-state index contributed by atoms with van der Waals surface area (Å²) in [6, 6.07) is 5.14. The molecule has 1 saturated heterocycles. The van der Waals surface area contributed by atoms with E-state index in [0.29, 0.717) is 42.8 Å². The zero-order chi connectivity index (χ0) is 30.4. The van der Waals surface area contributed by atoms with Gasteiger partial charge in [0.25, 0.3) is 15.9 Å². The van der Waals surface area contributed by atoms with Crippen LogP contribution in [0.15, 0.2) is 35.6 Å². The van der Waals surface area contributed by atoms with Gasteiger partial charge in [0, 0.05) is 42.7 Å². The molecule has 0 aromatic carbocycles. The van der Waals surface area contributed by atoms with Crippen LogP contribution < -0.4 is 14.4 Å². The highest BCUT2D eigenvalue weighted by Crippen LogP contribution is 2.50. The summed E-state index contributed by atoms with van der Waals surface area (Å²) in [7, 11) is -4.19. The van der Waals surface area contributed by atoms with Crippen molar-refractivity contribution in [3.8, 4) is 11.7 Å². The first-order valence-electron chi connectivity index (χ1n) is 15.6. The van der Waals surface area contributed by atoms with Crippen LogP contribution in [0.5, 0.6) is 5.88 Å². The van der Waals surface area contributed by atoms with Gasteiger partial charge in [-0.25, -0.2) is 14.4 Å². The van der Waals surface area contributed by atoms with Gasteiger partial charge < -0.3 is 9.64 Å². The molecule has 1 amide bonds. The molecule has 3 aromatic heterocycles. The number of nitrogens with zero attached hydrogens (tertiary/aromatic N) is 6. The van der Waals surface area contributed by atoms with E-state index in [1.807, 2.05) is 13.0 Å². The summed E-state index contributed by atoms with van der Waals surface area (Å²) in [5.74, 6) is 3.31. The normalized spacial score (nSPS) is 18.4. The van der Waals surface area contributed by atoms with Gasteiger partial charge in [-0.3, -0.25) is 9.48 Å². The summed E-state index contributed by atoms with van der Waals surface area (Å²) in [4.78, 5) is 20.5. The van der Waals surface area contributed by atoms with Crippen LogP contribution in [-0.4, -0.2) is 57.6 Å². The van der Waals surface area contributed by atoms with Crippen molar-refractivity contribution in [2.24, 2.45) is 17.8 Å². The van der Waals surface area contributed by atoms with Gasteiger partial charge >= 0.3 is 0 Å². The maximum Gasteiger partial charge on any atom is 0.283 e. The second-order valence-corrected chi connectivity index (χ2v) is 14.6. The fraction of sp³-hybridized carbons (Fsp3) is 0.613. The van der Waals surface area contributed by atoms with Crippen molar-refractivity contribution < 1.29 is 17.9 Å². The topological polar surface area (TPSA) is 124 Å². The molecule has 43 heavy (non-hydrogen) atoms. The minimum Gasteiger partial charge on any atom is -0.477 e. The number of anilines is 1. The number of pyridine rings is 1. The molecule has 6 rings (SSSR count). The van der Waals surface area contributed by atoms with Crippen LogP contribution in [0.3, 0.4) is 0 Å². The Hall–Kier alpha value is -3.41. The highest BCUT2D eigenvalue weighted by atomic mass is 32.2. The first-order valence-corrected chi connectivity index (χ1v) is 17.1. The lowest BCUT2D eigenvalue weighted by Gasteiger charge is -2.34. The van der Waals surface area contributed by atoms with E-state index in [-0.39, 0.29) is 16.1 Å². The van der Waals surface area contributed by atoms with E-state index in [4.69, 9.17) is 9.72 Å². The largest absolute Gasteiger partial charge is 0.477 e. The van der Waals surface area contributed by atoms with Crippen molar-refractivity contribution in [3.05, 3.63) is 41.7 Å². The third-order valence-electron chi connectivity index (χ3n) is 9.05. The Kier molecular flexibility index (Phi) is 7.99. The highest BCUT2D eigenvalue weighted by Gasteiger charge is 2.41. The molecule has 0 radical (unpaired) electrons. The predicted molar refractivity (Wildman–Crippen MR) is 163 cm³/mol. The van der Waals surface area contributed by atoms with Crippen molar-refractivity contribution in [3.63, 3.8) is 0 Å². The molecule has 4 heterocycles. The number of hydrogen-bond donors (Lipinski definition) is 1. The number of carbonyl (C=O) groups is 1. The lowest BCUT2D eigenvalue weighted by molar-refractivity contribution is 0.0981. The fourth-order valence-corrected chi connectivity index (χ4v) is 7.64. The van der Waals surface area contributed by atoms with Crippen molar-refractivity contribution in [2.75, 3.05) is 18.1 Å². The smallest absolute Gasteiger partial charge is 0.283 e. The highest BCUT2D eigenvalue weighted by molar-refractivity contribution is 7.90. The number of amides is 1. The number of ether oxygens (including phenoxy) is 1. The summed E-state index contributed by atoms with van der Waals surface area (Å²) < 4.78 is 38.0. The van der Waals surface area contributed by atoms with E-state index in [1.54, 1.807) is 40.8 Å². The maximum atomic E-state index is 13.6. The van der Waals surface area contributed by atoms with E-state index in [0.717, 1.165) is 43.4 Å². The molecule has 11 nitrogen and oxygen atoms in total. The van der Waals surface area contributed by atoms with Crippen LogP contribution in [0.2, 0.25) is 0 Å². The quantitative estimate of drug-likeness (QED) is 0.291. The van der Waals surface area contributed by atoms with E-state index in [9.17, 15) is 13.2 Å². The molecular formula is C31H43N7O4S. The molecule has 2 aliphatic carbocycles. The summed E-state index contributed by atoms with van der Waals surface area (Å²) in [6.45, 7) is 9.81. The van der Waals surface area contributed by atoms with Gasteiger partial charge in [-0.05, 0) is 102 Å². The zero-order valence-corrected chi connectivity index (χ0v) is 26.4. The number of carbonyl (C=O) groups excluding carboxylic acids is 1. The molecule has 0 atom stereocenters. The summed E-state index contributed by atoms with van der Waals surface area (Å²) in [5.41, 5.74) is 0.408. The molecule has 1 N–H and O–H groups in total. The Morgan fingerprint density at radius 2 is 1.88 bits per heavy atom. The van der Waals surface area contributed by atoms with Gasteiger partial charge in [-0.15, -0.1) is 5.10 Å². The van der Waals surface area contributed by atoms with Crippen molar-refractivity contribution >= 4 is 21.7 Å². The Bertz CT molecular complexity index is 1570. The Balaban J connectivity index is 1.22. The standard InChI is InChI=1S/C31H43N7O4S/c1-5-16-36-20-21(2)30(34-36)43(40,41)35-29(39)25-11-12-26(32-28(25)37-17-6-15-31(37,3)4)38-18-13-27(33-38)42-19-14-24(22-7-8-22)23-9-10-23/h11-13,18,20,22-24H,5-10,14-17,19H2,1-4H3,(H,35,39). The monoisotopic (exact) mass is 609 g/mol. The van der Waals surface area contributed by atoms with E-state index in [2.05, 4.69) is 33.7 Å². The van der Waals surface area contributed by atoms with Gasteiger partial charge in [-0.2, -0.15) is 13.5 Å². The molecule has 12 heteroatoms. The molecule has 1 aliphatic heterocycles. The van der Waals surface area contributed by atoms with Gasteiger partial charge in [0.05, 0.1) is 12.2 Å². The molecule has 2 saturated carbocycles. The first-order chi connectivity index (χ1) is 20.6. The van der Waals surface area contributed by atoms with Crippen molar-refractivity contribution in [1.29, 1.82) is 0 Å². The molecule has 232 valence electrons. The number of nitrogens with one attached hydrogen (secondary N) is 1. The molecule has 3 aliphatic rings. The lowest BCUT2D eigenvalue weighted by Crippen LogP contribution is -2.41. The molecule has 0 bridgehead atoms. The third-order valence-corrected chi connectivity index (χ3v) is 10.4. The van der Waals surface area contributed by atoms with Crippen LogP contribution in [0.4, 0.5) is 5.82 Å². The van der Waals surface area contributed by atoms with E-state index < -0.39 is 15.9 Å². The van der Waals surface area contributed by atoms with E-state index >= 15 is 0 Å². The van der Waals surface area contributed by atoms with Crippen molar-refractivity contribution in [1.82, 2.24) is 29.3 Å². The average molecular weight is 610 g/mol. The number of aryl methyl sites for hydroxylation is 2. The van der Waals surface area contributed by atoms with Gasteiger partial charge in [0.15, 0.2) is 10.8 Å². The molecular weight excluding hydrogens is 566 g/mol. The Labute approximate surface area is 254 Å². The number of aromatic nitrogens is 5.